The second-order valence-corrected chi connectivity index (χ2v) is 7.18. The highest BCUT2D eigenvalue weighted by Gasteiger charge is 2.30. The Labute approximate surface area is 125 Å². The molecule has 0 aliphatic heterocycles. The molecule has 0 aromatic heterocycles. The summed E-state index contributed by atoms with van der Waals surface area (Å²) in [5.41, 5.74) is 1.35. The van der Waals surface area contributed by atoms with E-state index in [0.29, 0.717) is 5.92 Å². The average molecular weight is 278 g/mol. The van der Waals surface area contributed by atoms with Crippen LogP contribution in [-0.2, 0) is 0 Å². The van der Waals surface area contributed by atoms with Crippen LogP contribution in [0.15, 0.2) is 24.3 Å². The highest BCUT2D eigenvalue weighted by atomic mass is 19.1. The molecule has 20 heavy (non-hydrogen) atoms. The molecule has 0 N–H and O–H groups in total. The van der Waals surface area contributed by atoms with Gasteiger partial charge in [-0.3, -0.25) is 0 Å². The molecular weight excluding hydrogens is 247 g/mol. The van der Waals surface area contributed by atoms with Crippen molar-refractivity contribution in [1.29, 1.82) is 0 Å². The SMILES string of the molecule is CC1CCC(C2CCC(c3ccc(F)cc3)CC2)CC1.[HH].[HH]. The monoisotopic (exact) mass is 278 g/mol. The normalized spacial score (nSPS) is 34.9. The topological polar surface area (TPSA) is 0 Å². The third-order valence-electron chi connectivity index (χ3n) is 5.84. The van der Waals surface area contributed by atoms with Crippen molar-refractivity contribution in [1.82, 2.24) is 0 Å². The Hall–Kier alpha value is -0.850. The molecule has 2 fully saturated rings. The zero-order valence-electron chi connectivity index (χ0n) is 12.7. The number of hydrogen-bond acceptors (Lipinski definition) is 0. The summed E-state index contributed by atoms with van der Waals surface area (Å²) >= 11 is 0. The van der Waals surface area contributed by atoms with E-state index in [1.165, 1.54) is 56.9 Å². The van der Waals surface area contributed by atoms with Gasteiger partial charge in [-0.25, -0.2) is 4.39 Å². The molecular formula is C19H31F. The Morgan fingerprint density at radius 2 is 1.30 bits per heavy atom. The molecule has 0 amide bonds. The fraction of sp³-hybridized carbons (Fsp3) is 0.684. The second-order valence-electron chi connectivity index (χ2n) is 7.18. The van der Waals surface area contributed by atoms with E-state index >= 15 is 0 Å². The summed E-state index contributed by atoms with van der Waals surface area (Å²) < 4.78 is 13.0. The molecule has 2 saturated carbocycles. The molecule has 0 saturated heterocycles. The third-order valence-corrected chi connectivity index (χ3v) is 5.84. The van der Waals surface area contributed by atoms with E-state index in [0.717, 1.165) is 17.8 Å². The minimum absolute atomic E-state index is 0. The Morgan fingerprint density at radius 3 is 1.85 bits per heavy atom. The van der Waals surface area contributed by atoms with Crippen molar-refractivity contribution in [3.63, 3.8) is 0 Å². The quantitative estimate of drug-likeness (QED) is 0.585. The molecule has 0 unspecified atom stereocenters. The lowest BCUT2D eigenvalue weighted by molar-refractivity contribution is 0.165. The lowest BCUT2D eigenvalue weighted by atomic mass is 9.68. The average Bonchev–Trinajstić information content (AvgIpc) is 2.49. The largest absolute Gasteiger partial charge is 0.207 e. The summed E-state index contributed by atoms with van der Waals surface area (Å²) in [6.45, 7) is 2.40. The Balaban J connectivity index is 0.00000121. The maximum atomic E-state index is 13.0. The smallest absolute Gasteiger partial charge is 0.123 e. The van der Waals surface area contributed by atoms with Crippen LogP contribution in [0.2, 0.25) is 0 Å². The predicted octanol–water partition coefficient (Wildman–Crippen LogP) is 6.42. The number of benzene rings is 1. The van der Waals surface area contributed by atoms with Gasteiger partial charge in [0.15, 0.2) is 0 Å². The Kier molecular flexibility index (Phi) is 4.43. The van der Waals surface area contributed by atoms with Gasteiger partial charge in [0.2, 0.25) is 0 Å². The molecule has 2 aliphatic carbocycles. The fourth-order valence-electron chi connectivity index (χ4n) is 4.42. The molecule has 1 aromatic rings. The third kappa shape index (κ3) is 3.24. The highest BCUT2D eigenvalue weighted by molar-refractivity contribution is 5.20. The van der Waals surface area contributed by atoms with E-state index in [1.54, 1.807) is 12.1 Å². The van der Waals surface area contributed by atoms with Crippen LogP contribution in [0.1, 0.15) is 72.6 Å². The standard InChI is InChI=1S/C19H27F.2H2/c1-14-2-4-15(5-3-14)16-6-8-17(9-7-16)18-10-12-19(20)13-11-18;;/h10-17H,2-9H2,1H3;2*1H. The molecule has 1 heteroatoms. The van der Waals surface area contributed by atoms with Crippen molar-refractivity contribution in [3.8, 4) is 0 Å². The first-order valence-corrected chi connectivity index (χ1v) is 8.48. The minimum atomic E-state index is -0.112. The summed E-state index contributed by atoms with van der Waals surface area (Å²) in [4.78, 5) is 0. The summed E-state index contributed by atoms with van der Waals surface area (Å²) in [6, 6.07) is 7.21. The van der Waals surface area contributed by atoms with E-state index < -0.39 is 0 Å². The highest BCUT2D eigenvalue weighted by Crippen LogP contribution is 2.43. The van der Waals surface area contributed by atoms with Crippen molar-refractivity contribution in [3.05, 3.63) is 35.6 Å². The molecule has 0 radical (unpaired) electrons. The van der Waals surface area contributed by atoms with E-state index in [1.807, 2.05) is 12.1 Å². The van der Waals surface area contributed by atoms with Crippen molar-refractivity contribution in [2.75, 3.05) is 0 Å². The second kappa shape index (κ2) is 6.28. The van der Waals surface area contributed by atoms with E-state index in [-0.39, 0.29) is 8.67 Å². The number of halogens is 1. The van der Waals surface area contributed by atoms with Crippen molar-refractivity contribution < 1.29 is 7.24 Å². The van der Waals surface area contributed by atoms with Crippen LogP contribution in [0.25, 0.3) is 0 Å². The molecule has 0 nitrogen and oxygen atoms in total. The minimum Gasteiger partial charge on any atom is -0.207 e. The van der Waals surface area contributed by atoms with Gasteiger partial charge < -0.3 is 0 Å². The molecule has 0 spiro atoms. The first-order valence-electron chi connectivity index (χ1n) is 8.48. The fourth-order valence-corrected chi connectivity index (χ4v) is 4.42. The summed E-state index contributed by atoms with van der Waals surface area (Å²) in [6.07, 6.45) is 11.2. The van der Waals surface area contributed by atoms with Gasteiger partial charge in [-0.1, -0.05) is 31.9 Å². The Morgan fingerprint density at radius 1 is 0.800 bits per heavy atom. The van der Waals surface area contributed by atoms with E-state index in [2.05, 4.69) is 6.92 Å². The maximum absolute atomic E-state index is 13.0. The molecule has 2 aliphatic rings. The molecule has 1 aromatic carbocycles. The van der Waals surface area contributed by atoms with Crippen molar-refractivity contribution in [2.45, 2.75) is 64.2 Å². The Bertz CT molecular complexity index is 416. The van der Waals surface area contributed by atoms with Crippen LogP contribution in [-0.4, -0.2) is 0 Å². The van der Waals surface area contributed by atoms with Gasteiger partial charge in [0.05, 0.1) is 0 Å². The molecule has 114 valence electrons. The van der Waals surface area contributed by atoms with Crippen LogP contribution in [0, 0.1) is 23.6 Å². The van der Waals surface area contributed by atoms with Crippen LogP contribution in [0.3, 0.4) is 0 Å². The van der Waals surface area contributed by atoms with E-state index in [9.17, 15) is 4.39 Å². The predicted molar refractivity (Wildman–Crippen MR) is 86.4 cm³/mol. The van der Waals surface area contributed by atoms with Gasteiger partial charge in [-0.15, -0.1) is 0 Å². The molecule has 0 bridgehead atoms. The molecule has 0 atom stereocenters. The lowest BCUT2D eigenvalue weighted by Gasteiger charge is -2.37. The first kappa shape index (κ1) is 14.1. The van der Waals surface area contributed by atoms with Crippen molar-refractivity contribution in [2.24, 2.45) is 17.8 Å². The number of rotatable bonds is 2. The van der Waals surface area contributed by atoms with Gasteiger partial charge in [0, 0.05) is 2.85 Å². The van der Waals surface area contributed by atoms with E-state index in [4.69, 9.17) is 0 Å². The summed E-state index contributed by atoms with van der Waals surface area (Å²) in [7, 11) is 0. The van der Waals surface area contributed by atoms with Gasteiger partial charge >= 0.3 is 0 Å². The van der Waals surface area contributed by atoms with Gasteiger partial charge in [-0.2, -0.15) is 0 Å². The maximum Gasteiger partial charge on any atom is 0.123 e. The zero-order valence-corrected chi connectivity index (χ0v) is 12.7. The van der Waals surface area contributed by atoms with Crippen LogP contribution in [0.5, 0.6) is 0 Å². The first-order chi connectivity index (χ1) is 9.72. The number of hydrogen-bond donors (Lipinski definition) is 0. The summed E-state index contributed by atoms with van der Waals surface area (Å²) in [5.74, 6) is 3.49. The molecule has 3 rings (SSSR count). The van der Waals surface area contributed by atoms with Gasteiger partial charge in [-0.05, 0) is 79.9 Å². The zero-order chi connectivity index (χ0) is 13.9. The summed E-state index contributed by atoms with van der Waals surface area (Å²) in [5, 5.41) is 0. The van der Waals surface area contributed by atoms with Gasteiger partial charge in [0.1, 0.15) is 5.82 Å². The van der Waals surface area contributed by atoms with Crippen LogP contribution >= 0.6 is 0 Å². The van der Waals surface area contributed by atoms with Crippen LogP contribution in [0.4, 0.5) is 4.39 Å². The van der Waals surface area contributed by atoms with Crippen LogP contribution < -0.4 is 0 Å². The van der Waals surface area contributed by atoms with Gasteiger partial charge in [0.25, 0.3) is 0 Å². The van der Waals surface area contributed by atoms with Crippen molar-refractivity contribution >= 4 is 0 Å². The molecule has 0 heterocycles. The lowest BCUT2D eigenvalue weighted by Crippen LogP contribution is -2.24.